The molecule has 14 heavy (non-hydrogen) atoms. The molecule has 2 fully saturated rings. The van der Waals surface area contributed by atoms with Crippen LogP contribution in [-0.4, -0.2) is 36.0 Å². The zero-order chi connectivity index (χ0) is 10.2. The minimum Gasteiger partial charge on any atom is -0.463 e. The Hall–Kier alpha value is -0.610. The lowest BCUT2D eigenvalue weighted by Crippen LogP contribution is -2.28. The summed E-state index contributed by atoms with van der Waals surface area (Å²) in [5.41, 5.74) is 0.0494. The summed E-state index contributed by atoms with van der Waals surface area (Å²) in [4.78, 5) is 11.4. The number of hydrogen-bond donors (Lipinski definition) is 1. The smallest absolute Gasteiger partial charge is 0.309 e. The van der Waals surface area contributed by atoms with Gasteiger partial charge < -0.3 is 14.6 Å². The number of aliphatic hydroxyl groups excluding tert-OH is 1. The molecule has 80 valence electrons. The Labute approximate surface area is 83.2 Å². The van der Waals surface area contributed by atoms with Crippen LogP contribution in [0.5, 0.6) is 0 Å². The quantitative estimate of drug-likeness (QED) is 0.531. The van der Waals surface area contributed by atoms with E-state index in [1.807, 2.05) is 0 Å². The van der Waals surface area contributed by atoms with Crippen molar-refractivity contribution >= 4 is 5.97 Å². The summed E-state index contributed by atoms with van der Waals surface area (Å²) in [7, 11) is 0. The van der Waals surface area contributed by atoms with Crippen LogP contribution in [-0.2, 0) is 14.3 Å². The summed E-state index contributed by atoms with van der Waals surface area (Å²) in [5, 5.41) is 8.51. The fraction of sp³-hybridized carbons (Fsp3) is 0.900. The van der Waals surface area contributed by atoms with E-state index in [0.29, 0.717) is 0 Å². The second-order valence-corrected chi connectivity index (χ2v) is 4.28. The van der Waals surface area contributed by atoms with Gasteiger partial charge in [0, 0.05) is 0 Å². The van der Waals surface area contributed by atoms with Crippen LogP contribution in [0.3, 0.4) is 0 Å². The van der Waals surface area contributed by atoms with Crippen LogP contribution in [0.4, 0.5) is 0 Å². The minimum atomic E-state index is -0.184. The molecule has 1 aliphatic heterocycles. The van der Waals surface area contributed by atoms with E-state index in [0.717, 1.165) is 19.3 Å². The third-order valence-electron chi connectivity index (χ3n) is 3.19. The van der Waals surface area contributed by atoms with Gasteiger partial charge in [-0.05, 0) is 26.2 Å². The average Bonchev–Trinajstić information content (AvgIpc) is 2.84. The first kappa shape index (κ1) is 9.93. The highest BCUT2D eigenvalue weighted by Gasteiger charge is 2.56. The molecule has 0 aromatic rings. The summed E-state index contributed by atoms with van der Waals surface area (Å²) in [5.74, 6) is -0.210. The monoisotopic (exact) mass is 200 g/mol. The van der Waals surface area contributed by atoms with Gasteiger partial charge in [-0.15, -0.1) is 0 Å². The molecule has 0 amide bonds. The second-order valence-electron chi connectivity index (χ2n) is 4.28. The van der Waals surface area contributed by atoms with E-state index < -0.39 is 0 Å². The van der Waals surface area contributed by atoms with Gasteiger partial charge in [-0.1, -0.05) is 0 Å². The number of epoxide rings is 1. The summed E-state index contributed by atoms with van der Waals surface area (Å²) < 4.78 is 10.4. The van der Waals surface area contributed by atoms with Crippen molar-refractivity contribution < 1.29 is 19.4 Å². The molecular formula is C10H16O4. The number of carbonyl (C=O) groups excluding carboxylic acids is 1. The van der Waals surface area contributed by atoms with E-state index in [-0.39, 0.29) is 36.8 Å². The minimum absolute atomic E-state index is 0.0258. The largest absolute Gasteiger partial charge is 0.463 e. The van der Waals surface area contributed by atoms with Gasteiger partial charge in [0.1, 0.15) is 6.61 Å². The molecular weight excluding hydrogens is 184 g/mol. The Bertz CT molecular complexity index is 240. The highest BCUT2D eigenvalue weighted by atomic mass is 16.6. The van der Waals surface area contributed by atoms with Gasteiger partial charge in [0.2, 0.25) is 0 Å². The van der Waals surface area contributed by atoms with Crippen molar-refractivity contribution in [2.45, 2.75) is 37.9 Å². The van der Waals surface area contributed by atoms with E-state index in [1.54, 1.807) is 0 Å². The number of carbonyl (C=O) groups is 1. The molecule has 3 atom stereocenters. The molecule has 0 radical (unpaired) electrons. The normalized spacial score (nSPS) is 40.1. The van der Waals surface area contributed by atoms with Gasteiger partial charge in [0.15, 0.2) is 0 Å². The second kappa shape index (κ2) is 3.51. The first-order valence-electron chi connectivity index (χ1n) is 5.11. The van der Waals surface area contributed by atoms with Crippen molar-refractivity contribution in [2.24, 2.45) is 5.92 Å². The molecule has 1 heterocycles. The maximum absolute atomic E-state index is 11.4. The predicted octanol–water partition coefficient (Wildman–Crippen LogP) is 0.479. The van der Waals surface area contributed by atoms with Crippen molar-refractivity contribution in [3.63, 3.8) is 0 Å². The number of aliphatic hydroxyl groups is 1. The summed E-state index contributed by atoms with van der Waals surface area (Å²) in [6.07, 6.45) is 2.82. The van der Waals surface area contributed by atoms with Crippen LogP contribution in [0.1, 0.15) is 26.2 Å². The maximum Gasteiger partial charge on any atom is 0.309 e. The van der Waals surface area contributed by atoms with Crippen molar-refractivity contribution in [3.05, 3.63) is 0 Å². The molecule has 4 nitrogen and oxygen atoms in total. The Kier molecular flexibility index (Phi) is 2.49. The van der Waals surface area contributed by atoms with Crippen LogP contribution in [0, 0.1) is 5.92 Å². The number of ether oxygens (including phenoxy) is 2. The molecule has 2 aliphatic rings. The van der Waals surface area contributed by atoms with Crippen molar-refractivity contribution in [1.82, 2.24) is 0 Å². The predicted molar refractivity (Wildman–Crippen MR) is 48.7 cm³/mol. The maximum atomic E-state index is 11.4. The fourth-order valence-corrected chi connectivity index (χ4v) is 2.12. The third-order valence-corrected chi connectivity index (χ3v) is 3.19. The molecule has 0 spiro atoms. The number of esters is 1. The number of rotatable bonds is 3. The first-order valence-corrected chi connectivity index (χ1v) is 5.11. The molecule has 0 bridgehead atoms. The van der Waals surface area contributed by atoms with E-state index >= 15 is 0 Å². The van der Waals surface area contributed by atoms with Gasteiger partial charge in [-0.2, -0.15) is 0 Å². The van der Waals surface area contributed by atoms with Gasteiger partial charge in [0.05, 0.1) is 24.2 Å². The molecule has 2 rings (SSSR count). The van der Waals surface area contributed by atoms with Crippen LogP contribution in [0.15, 0.2) is 0 Å². The standard InChI is InChI=1S/C10H16O4/c1-10-3-2-7(6-8(10)14-10)9(12)13-5-4-11/h7-8,11H,2-6H2,1H3. The molecule has 1 aliphatic carbocycles. The van der Waals surface area contributed by atoms with Crippen LogP contribution >= 0.6 is 0 Å². The topological polar surface area (TPSA) is 59.1 Å². The lowest BCUT2D eigenvalue weighted by molar-refractivity contribution is -0.150. The van der Waals surface area contributed by atoms with E-state index in [2.05, 4.69) is 6.92 Å². The third kappa shape index (κ3) is 1.77. The van der Waals surface area contributed by atoms with Gasteiger partial charge >= 0.3 is 5.97 Å². The fourth-order valence-electron chi connectivity index (χ4n) is 2.12. The summed E-state index contributed by atoms with van der Waals surface area (Å²) in [6, 6.07) is 0. The molecule has 0 aromatic heterocycles. The molecule has 1 saturated carbocycles. The van der Waals surface area contributed by atoms with Crippen LogP contribution < -0.4 is 0 Å². The van der Waals surface area contributed by atoms with Crippen molar-refractivity contribution in [1.29, 1.82) is 0 Å². The van der Waals surface area contributed by atoms with Gasteiger partial charge in [0.25, 0.3) is 0 Å². The zero-order valence-corrected chi connectivity index (χ0v) is 8.36. The SMILES string of the molecule is CC12CCC(C(=O)OCCO)CC1O2. The lowest BCUT2D eigenvalue weighted by atomic mass is 9.83. The Morgan fingerprint density at radius 3 is 3.14 bits per heavy atom. The van der Waals surface area contributed by atoms with E-state index in [9.17, 15) is 4.79 Å². The van der Waals surface area contributed by atoms with E-state index in [4.69, 9.17) is 14.6 Å². The van der Waals surface area contributed by atoms with Crippen LogP contribution in [0.2, 0.25) is 0 Å². The number of fused-ring (bicyclic) bond motifs is 1. The highest BCUT2D eigenvalue weighted by molar-refractivity contribution is 5.72. The van der Waals surface area contributed by atoms with Crippen molar-refractivity contribution in [2.75, 3.05) is 13.2 Å². The Morgan fingerprint density at radius 2 is 2.50 bits per heavy atom. The molecule has 4 heteroatoms. The van der Waals surface area contributed by atoms with Gasteiger partial charge in [-0.25, -0.2) is 0 Å². The summed E-state index contributed by atoms with van der Waals surface area (Å²) >= 11 is 0. The molecule has 0 aromatic carbocycles. The highest BCUT2D eigenvalue weighted by Crippen LogP contribution is 2.49. The molecule has 1 N–H and O–H groups in total. The summed E-state index contributed by atoms with van der Waals surface area (Å²) in [6.45, 7) is 2.10. The Morgan fingerprint density at radius 1 is 1.71 bits per heavy atom. The van der Waals surface area contributed by atoms with Gasteiger partial charge in [-0.3, -0.25) is 4.79 Å². The zero-order valence-electron chi connectivity index (χ0n) is 8.36. The molecule has 1 saturated heterocycles. The average molecular weight is 200 g/mol. The number of hydrogen-bond acceptors (Lipinski definition) is 4. The van der Waals surface area contributed by atoms with E-state index in [1.165, 1.54) is 0 Å². The van der Waals surface area contributed by atoms with Crippen molar-refractivity contribution in [3.8, 4) is 0 Å². The molecule has 3 unspecified atom stereocenters. The van der Waals surface area contributed by atoms with Crippen LogP contribution in [0.25, 0.3) is 0 Å². The Balaban J connectivity index is 1.80. The lowest BCUT2D eigenvalue weighted by Gasteiger charge is -2.20. The first-order chi connectivity index (χ1) is 6.65.